The van der Waals surface area contributed by atoms with Crippen LogP contribution in [-0.4, -0.2) is 86.8 Å². The summed E-state index contributed by atoms with van der Waals surface area (Å²) in [5, 5.41) is 22.2. The third-order valence-corrected chi connectivity index (χ3v) is 11.3. The van der Waals surface area contributed by atoms with Crippen LogP contribution < -0.4 is 21.4 Å². The Morgan fingerprint density at radius 1 is 1.16 bits per heavy atom. The first-order valence-electron chi connectivity index (χ1n) is 16.1. The highest BCUT2D eigenvalue weighted by atomic mass is 35.5. The number of carbonyl (C=O) groups excluding carboxylic acids is 3. The van der Waals surface area contributed by atoms with Gasteiger partial charge in [0.1, 0.15) is 35.1 Å². The third kappa shape index (κ3) is 5.91. The molecule has 1 aliphatic carbocycles. The van der Waals surface area contributed by atoms with Crippen LogP contribution in [0.3, 0.4) is 0 Å². The molecule has 262 valence electrons. The van der Waals surface area contributed by atoms with Gasteiger partial charge in [0.2, 0.25) is 5.43 Å². The summed E-state index contributed by atoms with van der Waals surface area (Å²) in [4.78, 5) is 68.0. The van der Waals surface area contributed by atoms with Crippen molar-refractivity contribution < 1.29 is 38.5 Å². The summed E-state index contributed by atoms with van der Waals surface area (Å²) >= 11 is 7.96. The Morgan fingerprint density at radius 2 is 1.90 bits per heavy atom. The predicted molar refractivity (Wildman–Crippen MR) is 182 cm³/mol. The van der Waals surface area contributed by atoms with Crippen LogP contribution in [0.2, 0.25) is 5.02 Å². The van der Waals surface area contributed by atoms with Crippen molar-refractivity contribution in [2.75, 3.05) is 36.9 Å². The van der Waals surface area contributed by atoms with E-state index >= 15 is 4.39 Å². The minimum atomic E-state index is -1.53. The largest absolute Gasteiger partial charge is 0.477 e. The number of carboxylic acid groups (broad SMARTS) is 1. The fourth-order valence-corrected chi connectivity index (χ4v) is 8.52. The third-order valence-electron chi connectivity index (χ3n) is 9.57. The number of anilines is 1. The number of rotatable bonds is 10. The Kier molecular flexibility index (Phi) is 9.09. The molecule has 2 saturated heterocycles. The van der Waals surface area contributed by atoms with Gasteiger partial charge in [-0.05, 0) is 43.4 Å². The number of aliphatic hydroxyl groups is 1. The lowest BCUT2D eigenvalue weighted by atomic mass is 10.0. The second kappa shape index (κ2) is 13.4. The lowest BCUT2D eigenvalue weighted by Crippen LogP contribution is -2.71. The number of fused-ring (bicyclic) bond motifs is 2. The van der Waals surface area contributed by atoms with Crippen molar-refractivity contribution >= 4 is 63.7 Å². The standard InChI is InChI=1S/C34H33ClFN5O8S/c35-23-26-20(10-22(36)27(23)39-9-8-16(11-37)12-39)29(43)21(13-40(26)19-6-7-19)34(48)49-14-18-15-50-32-24(31(45)41(32)25(18)33(46)47)38-30(44)28(42)17-4-2-1-3-5-17/h1-5,10,13,16,19,24,28,32,42H,6-9,11-12,14-15,37H2,(H,38,44)(H,46,47). The van der Waals surface area contributed by atoms with Crippen LogP contribution in [0.15, 0.2) is 58.7 Å². The van der Waals surface area contributed by atoms with Gasteiger partial charge in [-0.3, -0.25) is 19.3 Å². The van der Waals surface area contributed by atoms with Crippen molar-refractivity contribution in [3.63, 3.8) is 0 Å². The van der Waals surface area contributed by atoms with Gasteiger partial charge in [-0.25, -0.2) is 14.0 Å². The van der Waals surface area contributed by atoms with Crippen LogP contribution in [0.5, 0.6) is 0 Å². The zero-order valence-electron chi connectivity index (χ0n) is 26.5. The molecular weight excluding hydrogens is 693 g/mol. The molecule has 3 fully saturated rings. The summed E-state index contributed by atoms with van der Waals surface area (Å²) in [5.41, 5.74) is 5.24. The Bertz CT molecular complexity index is 2020. The fraction of sp³-hybridized carbons (Fsp3) is 0.382. The monoisotopic (exact) mass is 725 g/mol. The number of pyridine rings is 1. The van der Waals surface area contributed by atoms with Gasteiger partial charge in [0.15, 0.2) is 6.10 Å². The minimum Gasteiger partial charge on any atom is -0.477 e. The number of thioether (sulfide) groups is 1. The Morgan fingerprint density at radius 3 is 2.56 bits per heavy atom. The summed E-state index contributed by atoms with van der Waals surface area (Å²) < 4.78 is 22.8. The molecule has 7 rings (SSSR count). The molecule has 1 aromatic heterocycles. The lowest BCUT2D eigenvalue weighted by Gasteiger charge is -2.49. The topological polar surface area (TPSA) is 184 Å². The summed E-state index contributed by atoms with van der Waals surface area (Å²) in [6, 6.07) is 8.09. The highest BCUT2D eigenvalue weighted by molar-refractivity contribution is 8.00. The Balaban J connectivity index is 1.11. The SMILES string of the molecule is NCC1CCN(c2c(F)cc3c(=O)c(C(=O)OCC4=C(C(=O)O)N5C(=O)C(NC(=O)C(O)c6ccccc6)C5SC4)cn(C4CC4)c3c2Cl)C1. The quantitative estimate of drug-likeness (QED) is 0.178. The number of nitrogens with one attached hydrogen (secondary N) is 1. The normalized spacial score (nSPS) is 22.3. The molecule has 50 heavy (non-hydrogen) atoms. The number of carbonyl (C=O) groups is 4. The first kappa shape index (κ1) is 34.0. The number of β-lactam (4-membered cyclic amide) rings is 1. The number of aliphatic carboxylic acids is 1. The smallest absolute Gasteiger partial charge is 0.352 e. The number of esters is 1. The number of halogens is 2. The maximum Gasteiger partial charge on any atom is 0.352 e. The van der Waals surface area contributed by atoms with Crippen LogP contribution in [0.1, 0.15) is 47.3 Å². The molecular formula is C34H33ClFN5O8S. The average Bonchev–Trinajstić information content (AvgIpc) is 3.86. The van der Waals surface area contributed by atoms with Crippen molar-refractivity contribution in [2.24, 2.45) is 11.7 Å². The number of hydrogen-bond acceptors (Lipinski definition) is 10. The second-order valence-corrected chi connectivity index (χ2v) is 14.3. The van der Waals surface area contributed by atoms with Crippen LogP contribution in [0, 0.1) is 11.7 Å². The number of aliphatic hydroxyl groups excluding tert-OH is 1. The summed E-state index contributed by atoms with van der Waals surface area (Å²) in [5.74, 6) is -4.47. The molecule has 5 N–H and O–H groups in total. The van der Waals surface area contributed by atoms with E-state index in [0.717, 1.165) is 42.0 Å². The molecule has 0 radical (unpaired) electrons. The first-order valence-corrected chi connectivity index (χ1v) is 17.5. The Labute approximate surface area is 293 Å². The van der Waals surface area contributed by atoms with E-state index in [2.05, 4.69) is 5.32 Å². The van der Waals surface area contributed by atoms with Gasteiger partial charge in [0.25, 0.3) is 11.8 Å². The minimum absolute atomic E-state index is 0.0338. The maximum absolute atomic E-state index is 15.6. The van der Waals surface area contributed by atoms with Crippen molar-refractivity contribution in [1.29, 1.82) is 0 Å². The van der Waals surface area contributed by atoms with Gasteiger partial charge in [0, 0.05) is 36.7 Å². The number of hydrogen-bond donors (Lipinski definition) is 4. The number of aromatic nitrogens is 1. The van der Waals surface area contributed by atoms with E-state index in [-0.39, 0.29) is 44.9 Å². The summed E-state index contributed by atoms with van der Waals surface area (Å²) in [6.45, 7) is 1.00. The number of nitrogens with two attached hydrogens (primary N) is 1. The highest BCUT2D eigenvalue weighted by Gasteiger charge is 2.54. The van der Waals surface area contributed by atoms with Gasteiger partial charge in [-0.2, -0.15) is 0 Å². The molecule has 13 nitrogen and oxygen atoms in total. The van der Waals surface area contributed by atoms with E-state index < -0.39 is 64.8 Å². The second-order valence-electron chi connectivity index (χ2n) is 12.8. The summed E-state index contributed by atoms with van der Waals surface area (Å²) in [6.07, 6.45) is 2.14. The van der Waals surface area contributed by atoms with Crippen molar-refractivity contribution in [2.45, 2.75) is 42.8 Å². The lowest BCUT2D eigenvalue weighted by molar-refractivity contribution is -0.151. The first-order chi connectivity index (χ1) is 24.0. The summed E-state index contributed by atoms with van der Waals surface area (Å²) in [7, 11) is 0. The van der Waals surface area contributed by atoms with Crippen LogP contribution in [0.4, 0.5) is 10.1 Å². The fourth-order valence-electron chi connectivity index (χ4n) is 6.78. The van der Waals surface area contributed by atoms with E-state index in [9.17, 15) is 34.2 Å². The van der Waals surface area contributed by atoms with Crippen LogP contribution >= 0.6 is 23.4 Å². The molecule has 4 unspecified atom stereocenters. The van der Waals surface area contributed by atoms with E-state index in [1.54, 1.807) is 34.9 Å². The molecule has 4 atom stereocenters. The zero-order chi connectivity index (χ0) is 35.4. The van der Waals surface area contributed by atoms with Gasteiger partial charge in [-0.15, -0.1) is 11.8 Å². The van der Waals surface area contributed by atoms with Crippen LogP contribution in [0.25, 0.3) is 10.9 Å². The number of carboxylic acids is 1. The number of amides is 2. The van der Waals surface area contributed by atoms with E-state index in [1.165, 1.54) is 6.20 Å². The molecule has 3 aliphatic heterocycles. The number of ether oxygens (including phenoxy) is 1. The number of nitrogens with zero attached hydrogens (tertiary/aromatic N) is 3. The van der Waals surface area contributed by atoms with Crippen molar-refractivity contribution in [3.05, 3.63) is 86.1 Å². The van der Waals surface area contributed by atoms with Gasteiger partial charge >= 0.3 is 11.9 Å². The maximum atomic E-state index is 15.6. The molecule has 1 saturated carbocycles. The number of benzene rings is 2. The molecule has 16 heteroatoms. The predicted octanol–water partition coefficient (Wildman–Crippen LogP) is 2.54. The average molecular weight is 726 g/mol. The molecule has 2 aromatic carbocycles. The highest BCUT2D eigenvalue weighted by Crippen LogP contribution is 2.44. The molecule has 2 amide bonds. The Hall–Kier alpha value is -4.44. The van der Waals surface area contributed by atoms with Gasteiger partial charge in [-0.1, -0.05) is 41.9 Å². The molecule has 4 aliphatic rings. The molecule has 0 bridgehead atoms. The van der Waals surface area contributed by atoms with Gasteiger partial charge < -0.3 is 35.5 Å². The van der Waals surface area contributed by atoms with Crippen LogP contribution in [-0.2, 0) is 19.1 Å². The van der Waals surface area contributed by atoms with Crippen molar-refractivity contribution in [1.82, 2.24) is 14.8 Å². The molecule has 0 spiro atoms. The van der Waals surface area contributed by atoms with E-state index in [4.69, 9.17) is 22.1 Å². The van der Waals surface area contributed by atoms with Crippen molar-refractivity contribution in [3.8, 4) is 0 Å². The molecule has 3 aromatic rings. The van der Waals surface area contributed by atoms with Gasteiger partial charge in [0.05, 0.1) is 21.6 Å². The zero-order valence-corrected chi connectivity index (χ0v) is 28.1. The molecule has 4 heterocycles. The van der Waals surface area contributed by atoms with E-state index in [0.29, 0.717) is 30.7 Å². The van der Waals surface area contributed by atoms with E-state index in [1.807, 2.05) is 4.90 Å².